The summed E-state index contributed by atoms with van der Waals surface area (Å²) in [6, 6.07) is 5.09. The zero-order chi connectivity index (χ0) is 30.1. The van der Waals surface area contributed by atoms with E-state index in [1.54, 1.807) is 4.90 Å². The molecule has 2 amide bonds. The number of halogens is 4. The molecule has 1 fully saturated rings. The van der Waals surface area contributed by atoms with Crippen LogP contribution < -0.4 is 14.4 Å². The van der Waals surface area contributed by atoms with Gasteiger partial charge in [0.05, 0.1) is 34.6 Å². The smallest absolute Gasteiger partial charge is 0.270 e. The fraction of sp³-hybridized carbons (Fsp3) is 0.231. The van der Waals surface area contributed by atoms with Gasteiger partial charge in [-0.3, -0.25) is 23.2 Å². The summed E-state index contributed by atoms with van der Waals surface area (Å²) in [7, 11) is 1.20. The number of likely N-dealkylation sites (tertiary alicyclic amines) is 1. The van der Waals surface area contributed by atoms with Crippen LogP contribution in [0, 0.1) is 17.5 Å². The van der Waals surface area contributed by atoms with Gasteiger partial charge in [-0.2, -0.15) is 5.10 Å². The fourth-order valence-corrected chi connectivity index (χ4v) is 5.45. The highest BCUT2D eigenvalue weighted by atomic mass is 35.5. The molecule has 16 heteroatoms. The van der Waals surface area contributed by atoms with E-state index < -0.39 is 51.4 Å². The first-order valence-corrected chi connectivity index (χ1v) is 13.8. The molecule has 1 saturated heterocycles. The van der Waals surface area contributed by atoms with Crippen molar-refractivity contribution in [2.45, 2.75) is 12.8 Å². The topological polar surface area (TPSA) is 144 Å². The van der Waals surface area contributed by atoms with E-state index in [9.17, 15) is 18.4 Å². The second-order valence-corrected chi connectivity index (χ2v) is 10.3. The number of ether oxygens (including phenoxy) is 1. The first-order valence-electron chi connectivity index (χ1n) is 12.4. The van der Waals surface area contributed by atoms with Gasteiger partial charge in [0.15, 0.2) is 11.6 Å². The molecule has 220 valence electrons. The van der Waals surface area contributed by atoms with E-state index in [1.807, 2.05) is 0 Å². The number of methoxy groups -OCH3 is 1. The van der Waals surface area contributed by atoms with Gasteiger partial charge in [0.1, 0.15) is 22.7 Å². The van der Waals surface area contributed by atoms with Crippen molar-refractivity contribution < 1.29 is 36.3 Å². The third kappa shape index (κ3) is 5.37. The predicted molar refractivity (Wildman–Crippen MR) is 146 cm³/mol. The van der Waals surface area contributed by atoms with Crippen LogP contribution in [0.4, 0.5) is 24.5 Å². The molecule has 1 aliphatic rings. The van der Waals surface area contributed by atoms with E-state index in [4.69, 9.17) is 16.3 Å². The minimum atomic E-state index is -3.18. The van der Waals surface area contributed by atoms with Crippen LogP contribution in [-0.4, -0.2) is 67.4 Å². The van der Waals surface area contributed by atoms with Gasteiger partial charge in [-0.15, -0.1) is 0 Å². The van der Waals surface area contributed by atoms with Crippen molar-refractivity contribution in [2.75, 3.05) is 31.0 Å². The van der Waals surface area contributed by atoms with Gasteiger partial charge >= 0.3 is 0 Å². The Bertz CT molecular complexity index is 1740. The lowest BCUT2D eigenvalue weighted by Crippen LogP contribution is -2.35. The number of benzene rings is 2. The molecule has 1 unspecified atom stereocenters. The van der Waals surface area contributed by atoms with Crippen molar-refractivity contribution >= 4 is 57.0 Å². The molecule has 0 spiro atoms. The number of carbonyl (C=O) groups is 2. The standard InChI is InChI=1S/C26H22ClF3N6O5S/c1-41-26-18(11-13(27)12-32-26)36(42(39)40)17-7-6-16(28)20(22(17)30)14-4-5-15-23(21(14)29)33-34-24(15)25(38)31-8-10-35-9-2-3-19(35)37/h4-7,11-12H,2-3,8-10H2,1H3,(H,31,38)(H,33,34)(H,39,40)/p-1. The number of amides is 2. The molecular formula is C26H21ClF3N6O5S-. The third-order valence-corrected chi connectivity index (χ3v) is 7.55. The van der Waals surface area contributed by atoms with Gasteiger partial charge in [0.25, 0.3) is 5.91 Å². The molecule has 0 bridgehead atoms. The average Bonchev–Trinajstić information content (AvgIpc) is 3.58. The molecule has 0 saturated carbocycles. The number of pyridine rings is 1. The van der Waals surface area contributed by atoms with Gasteiger partial charge in [-0.25, -0.2) is 18.2 Å². The molecule has 2 aromatic carbocycles. The Labute approximate surface area is 244 Å². The highest BCUT2D eigenvalue weighted by molar-refractivity contribution is 7.81. The quantitative estimate of drug-likeness (QED) is 0.269. The molecule has 3 heterocycles. The summed E-state index contributed by atoms with van der Waals surface area (Å²) in [6.07, 6.45) is 2.39. The van der Waals surface area contributed by atoms with E-state index in [2.05, 4.69) is 20.5 Å². The monoisotopic (exact) mass is 621 g/mol. The Morgan fingerprint density at radius 1 is 1.24 bits per heavy atom. The Morgan fingerprint density at radius 3 is 2.71 bits per heavy atom. The average molecular weight is 622 g/mol. The van der Waals surface area contributed by atoms with Crippen LogP contribution in [0.5, 0.6) is 5.88 Å². The molecule has 4 aromatic rings. The third-order valence-electron chi connectivity index (χ3n) is 6.65. The zero-order valence-electron chi connectivity index (χ0n) is 21.7. The number of aromatic nitrogens is 3. The molecule has 1 atom stereocenters. The number of H-pyrrole nitrogens is 1. The molecule has 5 rings (SSSR count). The van der Waals surface area contributed by atoms with Crippen molar-refractivity contribution in [1.29, 1.82) is 0 Å². The number of fused-ring (bicyclic) bond motifs is 1. The summed E-state index contributed by atoms with van der Waals surface area (Å²) in [4.78, 5) is 30.0. The number of anilines is 2. The molecule has 2 aromatic heterocycles. The van der Waals surface area contributed by atoms with Crippen LogP contribution in [0.3, 0.4) is 0 Å². The van der Waals surface area contributed by atoms with Crippen molar-refractivity contribution in [3.05, 3.63) is 64.7 Å². The summed E-state index contributed by atoms with van der Waals surface area (Å²) in [6.45, 7) is 1.07. The van der Waals surface area contributed by atoms with E-state index in [0.717, 1.165) is 30.7 Å². The second-order valence-electron chi connectivity index (χ2n) is 9.11. The van der Waals surface area contributed by atoms with Gasteiger partial charge in [-0.05, 0) is 30.7 Å². The van der Waals surface area contributed by atoms with Crippen molar-refractivity contribution in [2.24, 2.45) is 0 Å². The molecule has 2 N–H and O–H groups in total. The van der Waals surface area contributed by atoms with Gasteiger partial charge < -0.3 is 19.5 Å². The Hall–Kier alpha value is -4.21. The maximum atomic E-state index is 15.9. The largest absolute Gasteiger partial charge is 0.755 e. The molecular weight excluding hydrogens is 601 g/mol. The lowest BCUT2D eigenvalue weighted by molar-refractivity contribution is -0.127. The minimum absolute atomic E-state index is 0.00218. The van der Waals surface area contributed by atoms with Crippen LogP contribution in [0.25, 0.3) is 22.0 Å². The lowest BCUT2D eigenvalue weighted by Gasteiger charge is -2.28. The fourth-order valence-electron chi connectivity index (χ4n) is 4.70. The Kier molecular flexibility index (Phi) is 8.34. The lowest BCUT2D eigenvalue weighted by atomic mass is 10.0. The number of rotatable bonds is 9. The number of hydrogen-bond acceptors (Lipinski definition) is 7. The summed E-state index contributed by atoms with van der Waals surface area (Å²) >= 11 is 2.79. The Balaban J connectivity index is 1.50. The molecule has 0 aliphatic carbocycles. The van der Waals surface area contributed by atoms with Crippen LogP contribution in [0.2, 0.25) is 5.02 Å². The van der Waals surface area contributed by atoms with Gasteiger partial charge in [-0.1, -0.05) is 17.7 Å². The van der Waals surface area contributed by atoms with E-state index in [0.29, 0.717) is 23.8 Å². The summed E-state index contributed by atoms with van der Waals surface area (Å²) in [5.74, 6) is -4.60. The number of aromatic amines is 1. The van der Waals surface area contributed by atoms with Crippen LogP contribution in [-0.2, 0) is 16.1 Å². The van der Waals surface area contributed by atoms with Crippen LogP contribution in [0.15, 0.2) is 36.5 Å². The van der Waals surface area contributed by atoms with Crippen molar-refractivity contribution in [1.82, 2.24) is 25.4 Å². The molecule has 0 radical (unpaired) electrons. The van der Waals surface area contributed by atoms with E-state index in [1.165, 1.54) is 19.4 Å². The molecule has 42 heavy (non-hydrogen) atoms. The van der Waals surface area contributed by atoms with E-state index >= 15 is 13.2 Å². The van der Waals surface area contributed by atoms with Crippen molar-refractivity contribution in [3.63, 3.8) is 0 Å². The number of nitrogens with zero attached hydrogens (tertiary/aromatic N) is 4. The second kappa shape index (κ2) is 12.0. The minimum Gasteiger partial charge on any atom is -0.755 e. The normalized spacial score (nSPS) is 14.0. The highest BCUT2D eigenvalue weighted by Gasteiger charge is 2.28. The zero-order valence-corrected chi connectivity index (χ0v) is 23.3. The Morgan fingerprint density at radius 2 is 2.02 bits per heavy atom. The summed E-state index contributed by atoms with van der Waals surface area (Å²) < 4.78 is 76.7. The van der Waals surface area contributed by atoms with Crippen LogP contribution >= 0.6 is 11.6 Å². The summed E-state index contributed by atoms with van der Waals surface area (Å²) in [5, 5.41) is 8.95. The number of carbonyl (C=O) groups excluding carboxylic acids is 2. The van der Waals surface area contributed by atoms with Gasteiger partial charge in [0.2, 0.25) is 11.8 Å². The first-order chi connectivity index (χ1) is 20.1. The molecule has 1 aliphatic heterocycles. The number of hydrogen-bond donors (Lipinski definition) is 2. The maximum Gasteiger partial charge on any atom is 0.270 e. The molecule has 11 nitrogen and oxygen atoms in total. The van der Waals surface area contributed by atoms with E-state index in [-0.39, 0.29) is 45.6 Å². The SMILES string of the molecule is COc1ncc(Cl)cc1N(c1ccc(F)c(-c2ccc3c(C(=O)NCCN4CCCC4=O)[nH]nc3c2F)c1F)S(=O)[O-]. The van der Waals surface area contributed by atoms with Gasteiger partial charge in [0, 0.05) is 43.2 Å². The van der Waals surface area contributed by atoms with Crippen molar-refractivity contribution in [3.8, 4) is 17.0 Å². The van der Waals surface area contributed by atoms with Crippen LogP contribution in [0.1, 0.15) is 23.3 Å². The first kappa shape index (κ1) is 29.3. The summed E-state index contributed by atoms with van der Waals surface area (Å²) in [5.41, 5.74) is -2.85. The highest BCUT2D eigenvalue weighted by Crippen LogP contribution is 2.41. The number of nitrogens with one attached hydrogen (secondary N) is 2. The predicted octanol–water partition coefficient (Wildman–Crippen LogP) is 3.99. The maximum absolute atomic E-state index is 15.9.